The minimum absolute atomic E-state index is 0.195. The van der Waals surface area contributed by atoms with Crippen LogP contribution in [-0.4, -0.2) is 30.6 Å². The fourth-order valence-electron chi connectivity index (χ4n) is 2.55. The first kappa shape index (κ1) is 16.5. The number of amides is 2. The molecule has 1 unspecified atom stereocenters. The van der Waals surface area contributed by atoms with Crippen LogP contribution < -0.4 is 5.32 Å². The second-order valence-corrected chi connectivity index (χ2v) is 5.99. The molecule has 0 bridgehead atoms. The lowest BCUT2D eigenvalue weighted by Gasteiger charge is -2.35. The molecule has 0 aliphatic carbocycles. The maximum Gasteiger partial charge on any atom is 0.337 e. The van der Waals surface area contributed by atoms with E-state index in [1.54, 1.807) is 11.8 Å². The molecule has 22 heavy (non-hydrogen) atoms. The van der Waals surface area contributed by atoms with Gasteiger partial charge in [-0.3, -0.25) is 4.90 Å². The van der Waals surface area contributed by atoms with Gasteiger partial charge >= 0.3 is 12.0 Å². The van der Waals surface area contributed by atoms with Crippen LogP contribution in [0, 0.1) is 0 Å². The Morgan fingerprint density at radius 3 is 2.55 bits per heavy atom. The smallest absolute Gasteiger partial charge is 0.337 e. The molecule has 6 heteroatoms. The molecule has 0 radical (unpaired) electrons. The number of allylic oxidation sites excluding steroid dienone is 1. The Morgan fingerprint density at radius 1 is 1.36 bits per heavy atom. The Balaban J connectivity index is 2.50. The summed E-state index contributed by atoms with van der Waals surface area (Å²) < 4.78 is 5.85. The van der Waals surface area contributed by atoms with Crippen molar-refractivity contribution in [3.8, 4) is 0 Å². The summed E-state index contributed by atoms with van der Waals surface area (Å²) in [6.07, 6.45) is 0.808. The van der Waals surface area contributed by atoms with Crippen LogP contribution in [0.2, 0.25) is 0 Å². The van der Waals surface area contributed by atoms with E-state index >= 15 is 0 Å². The Labute approximate surface area is 138 Å². The first-order valence-corrected chi connectivity index (χ1v) is 7.91. The summed E-state index contributed by atoms with van der Waals surface area (Å²) in [7, 11) is 1.35. The van der Waals surface area contributed by atoms with Crippen LogP contribution in [0.5, 0.6) is 0 Å². The van der Waals surface area contributed by atoms with Gasteiger partial charge in [-0.2, -0.15) is 0 Å². The molecule has 2 rings (SSSR count). The Morgan fingerprint density at radius 2 is 2.00 bits per heavy atom. The third-order valence-electron chi connectivity index (χ3n) is 3.65. The van der Waals surface area contributed by atoms with Crippen LogP contribution in [0.25, 0.3) is 0 Å². The molecule has 0 aromatic heterocycles. The zero-order valence-electron chi connectivity index (χ0n) is 12.9. The monoisotopic (exact) mass is 366 g/mol. The van der Waals surface area contributed by atoms with Crippen LogP contribution in [0.15, 0.2) is 40.0 Å². The van der Waals surface area contributed by atoms with E-state index in [9.17, 15) is 9.59 Å². The number of nitrogens with one attached hydrogen (secondary N) is 1. The SMILES string of the molecule is CCCN1C(=O)NC(c2ccc(Br)cc2)C(C(=O)OC)=C1C. The van der Waals surface area contributed by atoms with E-state index in [0.717, 1.165) is 16.5 Å². The van der Waals surface area contributed by atoms with Crippen molar-refractivity contribution in [1.82, 2.24) is 10.2 Å². The lowest BCUT2D eigenvalue weighted by Crippen LogP contribution is -2.48. The summed E-state index contributed by atoms with van der Waals surface area (Å²) in [5.41, 5.74) is 1.95. The summed E-state index contributed by atoms with van der Waals surface area (Å²) in [5.74, 6) is -0.425. The fourth-order valence-corrected chi connectivity index (χ4v) is 2.82. The average molecular weight is 367 g/mol. The van der Waals surface area contributed by atoms with Gasteiger partial charge in [0, 0.05) is 16.7 Å². The molecule has 0 spiro atoms. The van der Waals surface area contributed by atoms with E-state index in [2.05, 4.69) is 21.2 Å². The van der Waals surface area contributed by atoms with Gasteiger partial charge in [0.1, 0.15) is 0 Å². The zero-order valence-corrected chi connectivity index (χ0v) is 14.4. The Kier molecular flexibility index (Phi) is 5.24. The molecule has 0 fully saturated rings. The average Bonchev–Trinajstić information content (AvgIpc) is 2.51. The highest BCUT2D eigenvalue weighted by molar-refractivity contribution is 9.10. The summed E-state index contributed by atoms with van der Waals surface area (Å²) in [6.45, 7) is 4.33. The topological polar surface area (TPSA) is 58.6 Å². The number of halogens is 1. The van der Waals surface area contributed by atoms with E-state index in [0.29, 0.717) is 17.8 Å². The molecule has 1 aliphatic heterocycles. The number of esters is 1. The molecule has 1 aliphatic rings. The predicted octanol–water partition coefficient (Wildman–Crippen LogP) is 3.37. The highest BCUT2D eigenvalue weighted by Gasteiger charge is 2.35. The number of hydrogen-bond acceptors (Lipinski definition) is 3. The van der Waals surface area contributed by atoms with Crippen LogP contribution in [0.3, 0.4) is 0 Å². The molecule has 0 saturated carbocycles. The summed E-state index contributed by atoms with van der Waals surface area (Å²) in [6, 6.07) is 6.82. The lowest BCUT2D eigenvalue weighted by molar-refractivity contribution is -0.136. The minimum atomic E-state index is -0.499. The first-order valence-electron chi connectivity index (χ1n) is 7.12. The van der Waals surface area contributed by atoms with Crippen LogP contribution in [0.4, 0.5) is 4.79 Å². The molecule has 118 valence electrons. The number of methoxy groups -OCH3 is 1. The van der Waals surface area contributed by atoms with Crippen molar-refractivity contribution in [2.24, 2.45) is 0 Å². The molecule has 5 nitrogen and oxygen atoms in total. The van der Waals surface area contributed by atoms with E-state index in [1.165, 1.54) is 7.11 Å². The molecule has 1 N–H and O–H groups in total. The summed E-state index contributed by atoms with van der Waals surface area (Å²) in [4.78, 5) is 26.1. The van der Waals surface area contributed by atoms with E-state index in [1.807, 2.05) is 31.2 Å². The van der Waals surface area contributed by atoms with Crippen molar-refractivity contribution in [3.63, 3.8) is 0 Å². The maximum atomic E-state index is 12.3. The van der Waals surface area contributed by atoms with Gasteiger partial charge in [0.25, 0.3) is 0 Å². The number of nitrogens with zero attached hydrogens (tertiary/aromatic N) is 1. The van der Waals surface area contributed by atoms with Crippen molar-refractivity contribution < 1.29 is 14.3 Å². The maximum absolute atomic E-state index is 12.3. The van der Waals surface area contributed by atoms with Crippen molar-refractivity contribution in [1.29, 1.82) is 0 Å². The lowest BCUT2D eigenvalue weighted by atomic mass is 9.95. The highest BCUT2D eigenvalue weighted by Crippen LogP contribution is 2.31. The number of carbonyl (C=O) groups is 2. The van der Waals surface area contributed by atoms with Gasteiger partial charge in [0.15, 0.2) is 0 Å². The van der Waals surface area contributed by atoms with E-state index < -0.39 is 12.0 Å². The minimum Gasteiger partial charge on any atom is -0.466 e. The molecule has 1 atom stereocenters. The molecule has 1 aromatic carbocycles. The third kappa shape index (κ3) is 3.16. The standard InChI is InChI=1S/C16H19BrN2O3/c1-4-9-19-10(2)13(15(20)22-3)14(18-16(19)21)11-5-7-12(17)8-6-11/h5-8,14H,4,9H2,1-3H3,(H,18,21). The van der Waals surface area contributed by atoms with Crippen molar-refractivity contribution in [2.45, 2.75) is 26.3 Å². The van der Waals surface area contributed by atoms with E-state index in [-0.39, 0.29) is 6.03 Å². The van der Waals surface area contributed by atoms with Gasteiger partial charge in [-0.25, -0.2) is 9.59 Å². The summed E-state index contributed by atoms with van der Waals surface area (Å²) in [5, 5.41) is 2.90. The summed E-state index contributed by atoms with van der Waals surface area (Å²) >= 11 is 3.38. The number of ether oxygens (including phenoxy) is 1. The number of rotatable bonds is 4. The van der Waals surface area contributed by atoms with Crippen molar-refractivity contribution in [2.75, 3.05) is 13.7 Å². The molecule has 1 aromatic rings. The van der Waals surface area contributed by atoms with Crippen molar-refractivity contribution >= 4 is 27.9 Å². The van der Waals surface area contributed by atoms with Gasteiger partial charge in [-0.1, -0.05) is 35.0 Å². The largest absolute Gasteiger partial charge is 0.466 e. The normalized spacial score (nSPS) is 18.3. The third-order valence-corrected chi connectivity index (χ3v) is 4.18. The van der Waals surface area contributed by atoms with Gasteiger partial charge in [0.05, 0.1) is 18.7 Å². The van der Waals surface area contributed by atoms with Gasteiger partial charge in [-0.05, 0) is 31.0 Å². The number of carbonyl (C=O) groups excluding carboxylic acids is 2. The van der Waals surface area contributed by atoms with Gasteiger partial charge in [-0.15, -0.1) is 0 Å². The Hall–Kier alpha value is -1.82. The molecule has 1 heterocycles. The fraction of sp³-hybridized carbons (Fsp3) is 0.375. The Bertz CT molecular complexity index is 610. The second kappa shape index (κ2) is 6.96. The van der Waals surface area contributed by atoms with E-state index in [4.69, 9.17) is 4.74 Å². The van der Waals surface area contributed by atoms with Crippen LogP contribution in [0.1, 0.15) is 31.9 Å². The van der Waals surface area contributed by atoms with Gasteiger partial charge < -0.3 is 10.1 Å². The van der Waals surface area contributed by atoms with Crippen LogP contribution >= 0.6 is 15.9 Å². The zero-order chi connectivity index (χ0) is 16.3. The predicted molar refractivity (Wildman–Crippen MR) is 87.1 cm³/mol. The second-order valence-electron chi connectivity index (χ2n) is 5.08. The van der Waals surface area contributed by atoms with Gasteiger partial charge in [0.2, 0.25) is 0 Å². The molecule has 0 saturated heterocycles. The number of benzene rings is 1. The first-order chi connectivity index (χ1) is 10.5. The highest BCUT2D eigenvalue weighted by atomic mass is 79.9. The van der Waals surface area contributed by atoms with Crippen molar-refractivity contribution in [3.05, 3.63) is 45.6 Å². The molecular weight excluding hydrogens is 348 g/mol. The molecule has 2 amide bonds. The quantitative estimate of drug-likeness (QED) is 0.831. The number of hydrogen-bond donors (Lipinski definition) is 1. The number of urea groups is 1. The van der Waals surface area contributed by atoms with Crippen LogP contribution in [-0.2, 0) is 9.53 Å². The molecular formula is C16H19BrN2O3.